The quantitative estimate of drug-likeness (QED) is 0.852. The average molecular weight is 263 g/mol. The van der Waals surface area contributed by atoms with Gasteiger partial charge in [0, 0.05) is 19.6 Å². The van der Waals surface area contributed by atoms with E-state index in [4.69, 9.17) is 0 Å². The van der Waals surface area contributed by atoms with Crippen molar-refractivity contribution in [2.75, 3.05) is 0 Å². The molecule has 19 heavy (non-hydrogen) atoms. The van der Waals surface area contributed by atoms with Gasteiger partial charge in [0.15, 0.2) is 0 Å². The fourth-order valence-corrected chi connectivity index (χ4v) is 3.22. The summed E-state index contributed by atoms with van der Waals surface area (Å²) in [5, 5.41) is 8.22. The van der Waals surface area contributed by atoms with Crippen molar-refractivity contribution in [3.63, 3.8) is 0 Å². The fourth-order valence-electron chi connectivity index (χ4n) is 3.22. The van der Waals surface area contributed by atoms with E-state index >= 15 is 0 Å². The van der Waals surface area contributed by atoms with E-state index in [0.717, 1.165) is 18.9 Å². The Labute approximate surface area is 117 Å². The second-order valence-electron chi connectivity index (χ2n) is 5.99. The Balaban J connectivity index is 1.75. The Hall–Kier alpha value is -0.830. The largest absolute Gasteiger partial charge is 0.308 e. The normalized spacial score (nSPS) is 23.7. The second-order valence-corrected chi connectivity index (χ2v) is 5.99. The number of aromatic nitrogens is 2. The zero-order valence-electron chi connectivity index (χ0n) is 12.8. The topological polar surface area (TPSA) is 29.9 Å². The molecule has 1 aromatic rings. The first-order valence-corrected chi connectivity index (χ1v) is 7.98. The lowest BCUT2D eigenvalue weighted by Gasteiger charge is -2.29. The molecule has 0 amide bonds. The minimum absolute atomic E-state index is 0.716. The van der Waals surface area contributed by atoms with Gasteiger partial charge in [0.05, 0.1) is 11.4 Å². The van der Waals surface area contributed by atoms with Crippen molar-refractivity contribution < 1.29 is 0 Å². The van der Waals surface area contributed by atoms with Crippen molar-refractivity contribution in [3.8, 4) is 0 Å². The summed E-state index contributed by atoms with van der Waals surface area (Å²) < 4.78 is 2.02. The molecular weight excluding hydrogens is 234 g/mol. The highest BCUT2D eigenvalue weighted by molar-refractivity contribution is 5.10. The van der Waals surface area contributed by atoms with E-state index in [1.54, 1.807) is 0 Å². The van der Waals surface area contributed by atoms with Gasteiger partial charge in [-0.2, -0.15) is 5.10 Å². The SMILES string of the molecule is CCCC1CCC(NCc2cc(CC)nn2C)CC1. The van der Waals surface area contributed by atoms with Gasteiger partial charge in [-0.25, -0.2) is 0 Å². The third-order valence-electron chi connectivity index (χ3n) is 4.51. The van der Waals surface area contributed by atoms with Gasteiger partial charge in [0.2, 0.25) is 0 Å². The van der Waals surface area contributed by atoms with Crippen LogP contribution in [0.4, 0.5) is 0 Å². The number of nitrogens with zero attached hydrogens (tertiary/aromatic N) is 2. The molecule has 1 fully saturated rings. The third kappa shape index (κ3) is 4.07. The zero-order chi connectivity index (χ0) is 13.7. The van der Waals surface area contributed by atoms with Crippen molar-refractivity contribution in [1.82, 2.24) is 15.1 Å². The Morgan fingerprint density at radius 1 is 1.26 bits per heavy atom. The van der Waals surface area contributed by atoms with E-state index in [1.165, 1.54) is 49.9 Å². The smallest absolute Gasteiger partial charge is 0.0625 e. The van der Waals surface area contributed by atoms with Crippen LogP contribution in [0.5, 0.6) is 0 Å². The van der Waals surface area contributed by atoms with E-state index in [0.29, 0.717) is 6.04 Å². The molecule has 1 heterocycles. The summed E-state index contributed by atoms with van der Waals surface area (Å²) in [4.78, 5) is 0. The van der Waals surface area contributed by atoms with Crippen LogP contribution in [0.2, 0.25) is 0 Å². The number of nitrogens with one attached hydrogen (secondary N) is 1. The molecule has 2 rings (SSSR count). The van der Waals surface area contributed by atoms with Crippen LogP contribution in [0, 0.1) is 5.92 Å². The molecule has 0 aromatic carbocycles. The molecular formula is C16H29N3. The lowest BCUT2D eigenvalue weighted by Crippen LogP contribution is -2.33. The molecule has 0 atom stereocenters. The second kappa shape index (κ2) is 7.09. The first kappa shape index (κ1) is 14.6. The van der Waals surface area contributed by atoms with E-state index in [2.05, 4.69) is 30.3 Å². The van der Waals surface area contributed by atoms with Gasteiger partial charge in [-0.1, -0.05) is 26.7 Å². The van der Waals surface area contributed by atoms with Crippen LogP contribution in [-0.4, -0.2) is 15.8 Å². The minimum Gasteiger partial charge on any atom is -0.308 e. The van der Waals surface area contributed by atoms with Crippen molar-refractivity contribution in [1.29, 1.82) is 0 Å². The van der Waals surface area contributed by atoms with E-state index in [9.17, 15) is 0 Å². The van der Waals surface area contributed by atoms with Gasteiger partial charge in [-0.05, 0) is 44.1 Å². The molecule has 0 unspecified atom stereocenters. The molecule has 1 aliphatic carbocycles. The Kier molecular flexibility index (Phi) is 5.44. The van der Waals surface area contributed by atoms with Crippen molar-refractivity contribution in [2.45, 2.75) is 71.4 Å². The van der Waals surface area contributed by atoms with E-state index in [-0.39, 0.29) is 0 Å². The summed E-state index contributed by atoms with van der Waals surface area (Å²) in [5.74, 6) is 0.992. The number of rotatable bonds is 6. The van der Waals surface area contributed by atoms with Crippen molar-refractivity contribution in [2.24, 2.45) is 13.0 Å². The molecule has 0 aliphatic heterocycles. The summed E-state index contributed by atoms with van der Waals surface area (Å²) in [5.41, 5.74) is 2.51. The Morgan fingerprint density at radius 3 is 2.58 bits per heavy atom. The first-order chi connectivity index (χ1) is 9.22. The molecule has 3 heteroatoms. The molecule has 1 aliphatic rings. The number of hydrogen-bond donors (Lipinski definition) is 1. The summed E-state index contributed by atoms with van der Waals surface area (Å²) >= 11 is 0. The molecule has 1 N–H and O–H groups in total. The molecule has 1 aromatic heterocycles. The van der Waals surface area contributed by atoms with Crippen LogP contribution in [0.15, 0.2) is 6.07 Å². The van der Waals surface area contributed by atoms with Crippen molar-refractivity contribution >= 4 is 0 Å². The highest BCUT2D eigenvalue weighted by Gasteiger charge is 2.20. The standard InChI is InChI=1S/C16H29N3/c1-4-6-13-7-9-15(10-8-13)17-12-16-11-14(5-2)18-19(16)3/h11,13,15,17H,4-10,12H2,1-3H3. The Bertz CT molecular complexity index is 375. The highest BCUT2D eigenvalue weighted by Crippen LogP contribution is 2.27. The maximum atomic E-state index is 4.51. The average Bonchev–Trinajstić information content (AvgIpc) is 2.79. The van der Waals surface area contributed by atoms with Gasteiger partial charge in [0.1, 0.15) is 0 Å². The van der Waals surface area contributed by atoms with Crippen LogP contribution in [-0.2, 0) is 20.0 Å². The van der Waals surface area contributed by atoms with Crippen LogP contribution in [0.25, 0.3) is 0 Å². The van der Waals surface area contributed by atoms with Crippen LogP contribution >= 0.6 is 0 Å². The monoisotopic (exact) mass is 263 g/mol. The van der Waals surface area contributed by atoms with Gasteiger partial charge in [0.25, 0.3) is 0 Å². The molecule has 0 radical (unpaired) electrons. The maximum absolute atomic E-state index is 4.51. The summed E-state index contributed by atoms with van der Waals surface area (Å²) in [6, 6.07) is 2.95. The number of hydrogen-bond acceptors (Lipinski definition) is 2. The maximum Gasteiger partial charge on any atom is 0.0625 e. The zero-order valence-corrected chi connectivity index (χ0v) is 12.8. The van der Waals surface area contributed by atoms with E-state index in [1.807, 2.05) is 11.7 Å². The van der Waals surface area contributed by atoms with Gasteiger partial charge < -0.3 is 5.32 Å². The molecule has 3 nitrogen and oxygen atoms in total. The molecule has 0 spiro atoms. The molecule has 1 saturated carbocycles. The van der Waals surface area contributed by atoms with Gasteiger partial charge in [-0.15, -0.1) is 0 Å². The lowest BCUT2D eigenvalue weighted by molar-refractivity contribution is 0.276. The summed E-state index contributed by atoms with van der Waals surface area (Å²) in [7, 11) is 2.05. The lowest BCUT2D eigenvalue weighted by atomic mass is 9.83. The molecule has 108 valence electrons. The van der Waals surface area contributed by atoms with Crippen LogP contribution < -0.4 is 5.32 Å². The first-order valence-electron chi connectivity index (χ1n) is 7.98. The molecule has 0 saturated heterocycles. The number of aryl methyl sites for hydroxylation is 2. The predicted molar refractivity (Wildman–Crippen MR) is 80.1 cm³/mol. The van der Waals surface area contributed by atoms with Gasteiger partial charge in [-0.3, -0.25) is 4.68 Å². The summed E-state index contributed by atoms with van der Waals surface area (Å²) in [6.45, 7) is 5.43. The Morgan fingerprint density at radius 2 is 2.00 bits per heavy atom. The van der Waals surface area contributed by atoms with Crippen LogP contribution in [0.1, 0.15) is 63.8 Å². The van der Waals surface area contributed by atoms with E-state index < -0.39 is 0 Å². The minimum atomic E-state index is 0.716. The predicted octanol–water partition coefficient (Wildman–Crippen LogP) is 3.43. The fraction of sp³-hybridized carbons (Fsp3) is 0.812. The highest BCUT2D eigenvalue weighted by atomic mass is 15.3. The van der Waals surface area contributed by atoms with Gasteiger partial charge >= 0.3 is 0 Å². The van der Waals surface area contributed by atoms with Crippen LogP contribution in [0.3, 0.4) is 0 Å². The molecule has 0 bridgehead atoms. The summed E-state index contributed by atoms with van der Waals surface area (Å²) in [6.07, 6.45) is 9.32. The third-order valence-corrected chi connectivity index (χ3v) is 4.51. The van der Waals surface area contributed by atoms with Crippen molar-refractivity contribution in [3.05, 3.63) is 17.5 Å².